The normalized spacial score (nSPS) is 20.7. The van der Waals surface area contributed by atoms with Gasteiger partial charge in [-0.25, -0.2) is 4.79 Å². The second-order valence-corrected chi connectivity index (χ2v) is 16.2. The number of amidine groups is 1. The van der Waals surface area contributed by atoms with E-state index in [1.165, 1.54) is 0 Å². The van der Waals surface area contributed by atoms with E-state index in [1.807, 2.05) is 49.9 Å². The molecule has 1 aromatic rings. The molecule has 1 aromatic carbocycles. The van der Waals surface area contributed by atoms with Gasteiger partial charge < -0.3 is 20.3 Å². The van der Waals surface area contributed by atoms with Crippen LogP contribution in [0.15, 0.2) is 40.4 Å². The van der Waals surface area contributed by atoms with Gasteiger partial charge in [0, 0.05) is 10.6 Å². The maximum Gasteiger partial charge on any atom is 0.322 e. The number of urea groups is 1. The van der Waals surface area contributed by atoms with Crippen LogP contribution in [0.25, 0.3) is 0 Å². The Morgan fingerprint density at radius 1 is 1.15 bits per heavy atom. The zero-order chi connectivity index (χ0) is 24.0. The van der Waals surface area contributed by atoms with Crippen LogP contribution in [0.4, 0.5) is 10.5 Å². The summed E-state index contributed by atoms with van der Waals surface area (Å²) < 4.78 is 5.66. The summed E-state index contributed by atoms with van der Waals surface area (Å²) in [6.07, 6.45) is 3.04. The Morgan fingerprint density at radius 3 is 2.45 bits per heavy atom. The van der Waals surface area contributed by atoms with Crippen LogP contribution in [-0.2, 0) is 4.79 Å². The number of para-hydroxylation sites is 2. The largest absolute Gasteiger partial charge is 0.492 e. The number of anilines is 1. The summed E-state index contributed by atoms with van der Waals surface area (Å²) in [6.45, 7) is 14.3. The smallest absolute Gasteiger partial charge is 0.322 e. The summed E-state index contributed by atoms with van der Waals surface area (Å²) in [6, 6.07) is 7.26. The van der Waals surface area contributed by atoms with E-state index in [1.54, 1.807) is 0 Å². The first-order valence-corrected chi connectivity index (χ1v) is 15.4. The van der Waals surface area contributed by atoms with Crippen molar-refractivity contribution in [2.75, 3.05) is 25.0 Å². The number of rotatable bonds is 5. The summed E-state index contributed by atoms with van der Waals surface area (Å²) in [5.74, 6) is 1.42. The van der Waals surface area contributed by atoms with Crippen LogP contribution in [-0.4, -0.2) is 56.0 Å². The standard InChI is InChI=1S/C25H36N4O3Si/c1-7-32-20-12-9-8-11-19(20)27-23(31)29-16-17-18(24(29,2)3)15-26-21(17)28-22(30)25(13-10-14-25)33(4,5)6/h8-9,11-12H,7,10,13-16H2,1-6H3,(H,27,31)(H,26,28,30). The minimum Gasteiger partial charge on any atom is -0.492 e. The van der Waals surface area contributed by atoms with Crippen molar-refractivity contribution in [2.45, 2.75) is 70.3 Å². The summed E-state index contributed by atoms with van der Waals surface area (Å²) in [5.41, 5.74) is 2.23. The SMILES string of the molecule is CCOc1ccccc1NC(=O)N1CC2=C(CN=C2NC(=O)C2([Si](C)(C)C)CCC2)C1(C)C. The van der Waals surface area contributed by atoms with Gasteiger partial charge in [0.05, 0.1) is 39.0 Å². The quantitative estimate of drug-likeness (QED) is 0.609. The van der Waals surface area contributed by atoms with Gasteiger partial charge in [-0.3, -0.25) is 9.79 Å². The summed E-state index contributed by atoms with van der Waals surface area (Å²) >= 11 is 0. The minimum atomic E-state index is -1.68. The van der Waals surface area contributed by atoms with Gasteiger partial charge in [0.2, 0.25) is 5.91 Å². The van der Waals surface area contributed by atoms with Crippen LogP contribution >= 0.6 is 0 Å². The molecule has 33 heavy (non-hydrogen) atoms. The maximum absolute atomic E-state index is 13.4. The molecule has 4 rings (SSSR count). The minimum absolute atomic E-state index is 0.117. The second-order valence-electron chi connectivity index (χ2n) is 10.8. The lowest BCUT2D eigenvalue weighted by atomic mass is 9.83. The molecule has 8 heteroatoms. The fourth-order valence-electron chi connectivity index (χ4n) is 5.29. The van der Waals surface area contributed by atoms with Crippen LogP contribution in [0.3, 0.4) is 0 Å². The van der Waals surface area contributed by atoms with E-state index in [0.717, 1.165) is 30.4 Å². The Balaban J connectivity index is 1.50. The molecule has 0 unspecified atom stereocenters. The number of nitrogens with zero attached hydrogens (tertiary/aromatic N) is 2. The van der Waals surface area contributed by atoms with E-state index in [0.29, 0.717) is 37.0 Å². The molecule has 178 valence electrons. The molecule has 0 spiro atoms. The second kappa shape index (κ2) is 8.31. The van der Waals surface area contributed by atoms with Gasteiger partial charge in [0.25, 0.3) is 0 Å². The molecule has 0 bridgehead atoms. The van der Waals surface area contributed by atoms with E-state index in [4.69, 9.17) is 4.74 Å². The average molecular weight is 469 g/mol. The van der Waals surface area contributed by atoms with Crippen molar-refractivity contribution in [1.82, 2.24) is 10.2 Å². The van der Waals surface area contributed by atoms with Gasteiger partial charge in [-0.15, -0.1) is 0 Å². The number of hydrogen-bond donors (Lipinski definition) is 2. The highest BCUT2D eigenvalue weighted by molar-refractivity contribution is 6.82. The maximum atomic E-state index is 13.4. The molecule has 7 nitrogen and oxygen atoms in total. The molecule has 1 aliphatic carbocycles. The van der Waals surface area contributed by atoms with Gasteiger partial charge in [-0.1, -0.05) is 38.2 Å². The Kier molecular flexibility index (Phi) is 5.93. The number of ether oxygens (including phenoxy) is 1. The van der Waals surface area contributed by atoms with Crippen molar-refractivity contribution in [3.05, 3.63) is 35.4 Å². The molecule has 0 saturated heterocycles. The van der Waals surface area contributed by atoms with Crippen LogP contribution < -0.4 is 15.4 Å². The first-order chi connectivity index (χ1) is 15.5. The van der Waals surface area contributed by atoms with Crippen LogP contribution in [0.2, 0.25) is 24.7 Å². The number of benzene rings is 1. The number of aliphatic imine (C=N–C) groups is 1. The first kappa shape index (κ1) is 23.5. The molecule has 1 fully saturated rings. The van der Waals surface area contributed by atoms with Gasteiger partial charge in [-0.05, 0) is 51.3 Å². The van der Waals surface area contributed by atoms with Crippen molar-refractivity contribution in [2.24, 2.45) is 4.99 Å². The van der Waals surface area contributed by atoms with Gasteiger partial charge in [0.1, 0.15) is 11.6 Å². The summed E-state index contributed by atoms with van der Waals surface area (Å²) in [5, 5.41) is 5.98. The van der Waals surface area contributed by atoms with E-state index in [2.05, 4.69) is 35.3 Å². The zero-order valence-electron chi connectivity index (χ0n) is 20.7. The van der Waals surface area contributed by atoms with E-state index in [9.17, 15) is 9.59 Å². The molecule has 2 N–H and O–H groups in total. The molecule has 3 amide bonds. The van der Waals surface area contributed by atoms with Crippen LogP contribution in [0.1, 0.15) is 40.0 Å². The molecule has 0 radical (unpaired) electrons. The Morgan fingerprint density at radius 2 is 1.85 bits per heavy atom. The first-order valence-electron chi connectivity index (χ1n) is 11.9. The lowest BCUT2D eigenvalue weighted by Gasteiger charge is -2.49. The highest BCUT2D eigenvalue weighted by Crippen LogP contribution is 2.55. The van der Waals surface area contributed by atoms with Crippen molar-refractivity contribution in [1.29, 1.82) is 0 Å². The van der Waals surface area contributed by atoms with E-state index < -0.39 is 13.6 Å². The topological polar surface area (TPSA) is 83.0 Å². The van der Waals surface area contributed by atoms with Gasteiger partial charge >= 0.3 is 6.03 Å². The van der Waals surface area contributed by atoms with Gasteiger partial charge in [0.15, 0.2) is 0 Å². The summed E-state index contributed by atoms with van der Waals surface area (Å²) in [4.78, 5) is 33.2. The summed E-state index contributed by atoms with van der Waals surface area (Å²) in [7, 11) is -1.68. The fourth-order valence-corrected chi connectivity index (χ4v) is 7.89. The molecule has 0 atom stereocenters. The number of carbonyl (C=O) groups excluding carboxylic acids is 2. The van der Waals surface area contributed by atoms with E-state index >= 15 is 0 Å². The van der Waals surface area contributed by atoms with Crippen molar-refractivity contribution >= 4 is 31.5 Å². The number of amides is 3. The van der Waals surface area contributed by atoms with Crippen molar-refractivity contribution < 1.29 is 14.3 Å². The predicted molar refractivity (Wildman–Crippen MR) is 135 cm³/mol. The highest BCUT2D eigenvalue weighted by atomic mass is 28.3. The van der Waals surface area contributed by atoms with E-state index in [-0.39, 0.29) is 17.0 Å². The lowest BCUT2D eigenvalue weighted by molar-refractivity contribution is -0.125. The fraction of sp³-hybridized carbons (Fsp3) is 0.560. The number of nitrogens with one attached hydrogen (secondary N) is 2. The molecule has 3 aliphatic rings. The monoisotopic (exact) mass is 468 g/mol. The molecule has 2 heterocycles. The molecule has 2 aliphatic heterocycles. The van der Waals surface area contributed by atoms with Crippen molar-refractivity contribution in [3.63, 3.8) is 0 Å². The molecule has 0 aromatic heterocycles. The lowest BCUT2D eigenvalue weighted by Crippen LogP contribution is -2.55. The Labute approximate surface area is 197 Å². The number of carbonyl (C=O) groups is 2. The van der Waals surface area contributed by atoms with Gasteiger partial charge in [-0.2, -0.15) is 0 Å². The Hall–Kier alpha value is -2.61. The third-order valence-corrected chi connectivity index (χ3v) is 11.4. The third-order valence-electron chi connectivity index (χ3n) is 7.76. The average Bonchev–Trinajstić information content (AvgIpc) is 3.20. The Bertz CT molecular complexity index is 1030. The molecule has 1 saturated carbocycles. The number of hydrogen-bond acceptors (Lipinski definition) is 4. The predicted octanol–water partition coefficient (Wildman–Crippen LogP) is 4.80. The van der Waals surface area contributed by atoms with Crippen molar-refractivity contribution in [3.8, 4) is 5.75 Å². The molecular weight excluding hydrogens is 432 g/mol. The zero-order valence-corrected chi connectivity index (χ0v) is 21.7. The molecular formula is C25H36N4O3Si. The van der Waals surface area contributed by atoms with Crippen LogP contribution in [0, 0.1) is 0 Å². The highest BCUT2D eigenvalue weighted by Gasteiger charge is 2.54. The third kappa shape index (κ3) is 3.88. The van der Waals surface area contributed by atoms with Crippen LogP contribution in [0.5, 0.6) is 5.75 Å².